The molecule has 0 saturated carbocycles. The molecule has 0 atom stereocenters. The number of hydrogen-bond donors (Lipinski definition) is 0. The smallest absolute Gasteiger partial charge is 0.128 e. The Balaban J connectivity index is 1.70. The zero-order valence-corrected chi connectivity index (χ0v) is 14.2. The van der Waals surface area contributed by atoms with E-state index in [0.717, 1.165) is 52.9 Å². The molecule has 1 aliphatic heterocycles. The quantitative estimate of drug-likeness (QED) is 0.796. The highest BCUT2D eigenvalue weighted by molar-refractivity contribution is 9.10. The molecule has 0 unspecified atom stereocenters. The van der Waals surface area contributed by atoms with Crippen LogP contribution in [-0.2, 0) is 0 Å². The SMILES string of the molecule is Cc1nc(N2CCN(c3ccccc3Cl)CC2)ccc1Br. The number of para-hydroxylation sites is 1. The van der Waals surface area contributed by atoms with E-state index in [2.05, 4.69) is 48.9 Å². The van der Waals surface area contributed by atoms with Gasteiger partial charge in [0.05, 0.1) is 16.4 Å². The van der Waals surface area contributed by atoms with Gasteiger partial charge in [-0.3, -0.25) is 0 Å². The molecule has 5 heteroatoms. The highest BCUT2D eigenvalue weighted by Gasteiger charge is 2.19. The molecule has 1 aliphatic rings. The first-order valence-electron chi connectivity index (χ1n) is 7.03. The Hall–Kier alpha value is -1.26. The molecule has 0 aliphatic carbocycles. The Morgan fingerprint density at radius 3 is 2.33 bits per heavy atom. The number of pyridine rings is 1. The lowest BCUT2D eigenvalue weighted by atomic mass is 10.2. The highest BCUT2D eigenvalue weighted by Crippen LogP contribution is 2.27. The van der Waals surface area contributed by atoms with Gasteiger partial charge in [0.15, 0.2) is 0 Å². The summed E-state index contributed by atoms with van der Waals surface area (Å²) in [6.45, 7) is 5.85. The summed E-state index contributed by atoms with van der Waals surface area (Å²) in [5.41, 5.74) is 2.15. The number of anilines is 2. The van der Waals surface area contributed by atoms with Gasteiger partial charge < -0.3 is 9.80 Å². The summed E-state index contributed by atoms with van der Waals surface area (Å²) in [5, 5.41) is 0.823. The monoisotopic (exact) mass is 365 g/mol. The molecule has 3 rings (SSSR count). The fraction of sp³-hybridized carbons (Fsp3) is 0.312. The van der Waals surface area contributed by atoms with Crippen LogP contribution in [0.3, 0.4) is 0 Å². The van der Waals surface area contributed by atoms with Crippen LogP contribution in [0, 0.1) is 6.92 Å². The van der Waals surface area contributed by atoms with Crippen molar-refractivity contribution in [3.8, 4) is 0 Å². The minimum absolute atomic E-state index is 0.823. The van der Waals surface area contributed by atoms with Gasteiger partial charge in [-0.1, -0.05) is 23.7 Å². The molecule has 0 amide bonds. The molecule has 0 bridgehead atoms. The van der Waals surface area contributed by atoms with Gasteiger partial charge in [-0.15, -0.1) is 0 Å². The summed E-state index contributed by atoms with van der Waals surface area (Å²) < 4.78 is 1.06. The van der Waals surface area contributed by atoms with E-state index < -0.39 is 0 Å². The lowest BCUT2D eigenvalue weighted by Crippen LogP contribution is -2.47. The Labute approximate surface area is 138 Å². The average molecular weight is 367 g/mol. The molecule has 2 heterocycles. The normalized spacial score (nSPS) is 15.4. The maximum absolute atomic E-state index is 6.28. The number of benzene rings is 1. The number of aromatic nitrogens is 1. The van der Waals surface area contributed by atoms with Crippen molar-refractivity contribution in [1.29, 1.82) is 0 Å². The number of halogens is 2. The van der Waals surface area contributed by atoms with Gasteiger partial charge in [-0.2, -0.15) is 0 Å². The number of hydrogen-bond acceptors (Lipinski definition) is 3. The lowest BCUT2D eigenvalue weighted by Gasteiger charge is -2.37. The van der Waals surface area contributed by atoms with E-state index in [4.69, 9.17) is 11.6 Å². The minimum atomic E-state index is 0.823. The minimum Gasteiger partial charge on any atom is -0.367 e. The highest BCUT2D eigenvalue weighted by atomic mass is 79.9. The van der Waals surface area contributed by atoms with Gasteiger partial charge in [0.2, 0.25) is 0 Å². The summed E-state index contributed by atoms with van der Waals surface area (Å²) in [6.07, 6.45) is 0. The molecule has 1 fully saturated rings. The third kappa shape index (κ3) is 3.16. The predicted octanol–water partition coefficient (Wildman–Crippen LogP) is 4.13. The van der Waals surface area contributed by atoms with Gasteiger partial charge in [0, 0.05) is 30.7 Å². The van der Waals surface area contributed by atoms with Crippen molar-refractivity contribution < 1.29 is 0 Å². The van der Waals surface area contributed by atoms with E-state index in [1.54, 1.807) is 0 Å². The first-order valence-corrected chi connectivity index (χ1v) is 8.20. The molecule has 110 valence electrons. The summed E-state index contributed by atoms with van der Waals surface area (Å²) in [6, 6.07) is 12.2. The van der Waals surface area contributed by atoms with Crippen molar-refractivity contribution in [2.24, 2.45) is 0 Å². The summed E-state index contributed by atoms with van der Waals surface area (Å²) in [4.78, 5) is 9.31. The molecular formula is C16H17BrClN3. The molecule has 0 spiro atoms. The first kappa shape index (κ1) is 14.7. The molecule has 0 N–H and O–H groups in total. The maximum atomic E-state index is 6.28. The summed E-state index contributed by atoms with van der Waals surface area (Å²) in [7, 11) is 0. The molecule has 1 aromatic heterocycles. The van der Waals surface area contributed by atoms with Gasteiger partial charge >= 0.3 is 0 Å². The van der Waals surface area contributed by atoms with Crippen LogP contribution in [0.2, 0.25) is 5.02 Å². The summed E-state index contributed by atoms with van der Waals surface area (Å²) >= 11 is 9.77. The van der Waals surface area contributed by atoms with Crippen molar-refractivity contribution in [2.75, 3.05) is 36.0 Å². The van der Waals surface area contributed by atoms with E-state index >= 15 is 0 Å². The standard InChI is InChI=1S/C16H17BrClN3/c1-12-13(17)6-7-16(19-12)21-10-8-20(9-11-21)15-5-3-2-4-14(15)18/h2-7H,8-11H2,1H3. The van der Waals surface area contributed by atoms with Crippen LogP contribution >= 0.6 is 27.5 Å². The lowest BCUT2D eigenvalue weighted by molar-refractivity contribution is 0.647. The molecule has 2 aromatic rings. The molecule has 0 radical (unpaired) electrons. The Morgan fingerprint density at radius 2 is 1.67 bits per heavy atom. The Bertz CT molecular complexity index is 639. The van der Waals surface area contributed by atoms with E-state index in [1.165, 1.54) is 0 Å². The van der Waals surface area contributed by atoms with Crippen molar-refractivity contribution >= 4 is 39.0 Å². The zero-order valence-electron chi connectivity index (χ0n) is 11.9. The fourth-order valence-electron chi connectivity index (χ4n) is 2.59. The van der Waals surface area contributed by atoms with Gasteiger partial charge in [-0.25, -0.2) is 4.98 Å². The van der Waals surface area contributed by atoms with Crippen LogP contribution in [0.25, 0.3) is 0 Å². The van der Waals surface area contributed by atoms with Crippen LogP contribution in [0.15, 0.2) is 40.9 Å². The third-order valence-corrected chi connectivity index (χ3v) is 4.96. The van der Waals surface area contributed by atoms with E-state index in [-0.39, 0.29) is 0 Å². The van der Waals surface area contributed by atoms with E-state index in [9.17, 15) is 0 Å². The van der Waals surface area contributed by atoms with Crippen molar-refractivity contribution in [3.63, 3.8) is 0 Å². The second kappa shape index (κ2) is 6.24. The van der Waals surface area contributed by atoms with E-state index in [0.29, 0.717) is 0 Å². The second-order valence-corrected chi connectivity index (χ2v) is 6.42. The maximum Gasteiger partial charge on any atom is 0.128 e. The summed E-state index contributed by atoms with van der Waals surface area (Å²) in [5.74, 6) is 1.05. The molecular weight excluding hydrogens is 350 g/mol. The topological polar surface area (TPSA) is 19.4 Å². The molecule has 21 heavy (non-hydrogen) atoms. The van der Waals surface area contributed by atoms with Crippen molar-refractivity contribution in [1.82, 2.24) is 4.98 Å². The molecule has 1 aromatic carbocycles. The largest absolute Gasteiger partial charge is 0.367 e. The number of nitrogens with zero attached hydrogens (tertiary/aromatic N) is 3. The van der Waals surface area contributed by atoms with Crippen LogP contribution < -0.4 is 9.80 Å². The average Bonchev–Trinajstić information content (AvgIpc) is 2.51. The second-order valence-electron chi connectivity index (χ2n) is 5.16. The number of piperazine rings is 1. The van der Waals surface area contributed by atoms with Crippen LogP contribution in [0.5, 0.6) is 0 Å². The Morgan fingerprint density at radius 1 is 1.00 bits per heavy atom. The van der Waals surface area contributed by atoms with Crippen LogP contribution in [-0.4, -0.2) is 31.2 Å². The van der Waals surface area contributed by atoms with Crippen LogP contribution in [0.4, 0.5) is 11.5 Å². The third-order valence-electron chi connectivity index (χ3n) is 3.80. The Kier molecular flexibility index (Phi) is 4.36. The molecule has 3 nitrogen and oxygen atoms in total. The molecule has 1 saturated heterocycles. The fourth-order valence-corrected chi connectivity index (χ4v) is 3.07. The van der Waals surface area contributed by atoms with Gasteiger partial charge in [-0.05, 0) is 47.1 Å². The van der Waals surface area contributed by atoms with Crippen LogP contribution in [0.1, 0.15) is 5.69 Å². The van der Waals surface area contributed by atoms with Crippen molar-refractivity contribution in [2.45, 2.75) is 6.92 Å². The van der Waals surface area contributed by atoms with E-state index in [1.807, 2.05) is 25.1 Å². The number of rotatable bonds is 2. The van der Waals surface area contributed by atoms with Gasteiger partial charge in [0.1, 0.15) is 5.82 Å². The first-order chi connectivity index (χ1) is 10.1. The van der Waals surface area contributed by atoms with Gasteiger partial charge in [0.25, 0.3) is 0 Å². The predicted molar refractivity (Wildman–Crippen MR) is 92.6 cm³/mol. The zero-order chi connectivity index (χ0) is 14.8. The number of aryl methyl sites for hydroxylation is 1. The van der Waals surface area contributed by atoms with Crippen molar-refractivity contribution in [3.05, 3.63) is 51.6 Å².